The molecule has 0 spiro atoms. The Hall–Kier alpha value is -2.06. The number of hydrogen-bond donors (Lipinski definition) is 2. The van der Waals surface area contributed by atoms with Crippen molar-refractivity contribution in [2.24, 2.45) is 0 Å². The summed E-state index contributed by atoms with van der Waals surface area (Å²) in [6.07, 6.45) is 0. The maximum Gasteiger partial charge on any atom is 0.321 e. The number of urea groups is 1. The molecule has 0 fully saturated rings. The van der Waals surface area contributed by atoms with Gasteiger partial charge in [0.25, 0.3) is 0 Å². The van der Waals surface area contributed by atoms with Crippen molar-refractivity contribution in [1.29, 1.82) is 5.26 Å². The van der Waals surface area contributed by atoms with Gasteiger partial charge in [0, 0.05) is 12.7 Å². The molecule has 1 aromatic rings. The van der Waals surface area contributed by atoms with Crippen molar-refractivity contribution >= 4 is 11.7 Å². The van der Waals surface area contributed by atoms with Crippen LogP contribution in [-0.4, -0.2) is 35.2 Å². The molecule has 0 radical (unpaired) electrons. The molecule has 0 unspecified atom stereocenters. The highest BCUT2D eigenvalue weighted by Crippen LogP contribution is 2.10. The molecule has 1 rings (SSSR count). The van der Waals surface area contributed by atoms with Gasteiger partial charge in [0.05, 0.1) is 23.8 Å². The van der Waals surface area contributed by atoms with E-state index in [1.54, 1.807) is 45.2 Å². The van der Waals surface area contributed by atoms with Crippen molar-refractivity contribution in [2.75, 3.05) is 18.9 Å². The first kappa shape index (κ1) is 14.0. The van der Waals surface area contributed by atoms with Crippen molar-refractivity contribution in [1.82, 2.24) is 4.90 Å². The van der Waals surface area contributed by atoms with E-state index in [1.807, 2.05) is 6.07 Å². The van der Waals surface area contributed by atoms with E-state index < -0.39 is 5.60 Å². The number of nitrogens with one attached hydrogen (secondary N) is 1. The Morgan fingerprint density at radius 2 is 2.00 bits per heavy atom. The van der Waals surface area contributed by atoms with Crippen molar-refractivity contribution in [3.8, 4) is 6.07 Å². The van der Waals surface area contributed by atoms with E-state index >= 15 is 0 Å². The number of hydrogen-bond acceptors (Lipinski definition) is 3. The normalized spacial score (nSPS) is 10.6. The van der Waals surface area contributed by atoms with E-state index in [4.69, 9.17) is 5.26 Å². The molecule has 0 aliphatic carbocycles. The number of rotatable bonds is 3. The third-order valence-corrected chi connectivity index (χ3v) is 2.24. The lowest BCUT2D eigenvalue weighted by Crippen LogP contribution is -2.41. The van der Waals surface area contributed by atoms with Crippen molar-refractivity contribution in [3.05, 3.63) is 29.8 Å². The number of benzene rings is 1. The van der Waals surface area contributed by atoms with E-state index in [1.165, 1.54) is 4.90 Å². The van der Waals surface area contributed by atoms with Gasteiger partial charge < -0.3 is 15.3 Å². The summed E-state index contributed by atoms with van der Waals surface area (Å²) in [6, 6.07) is 8.28. The zero-order valence-electron chi connectivity index (χ0n) is 10.8. The Kier molecular flexibility index (Phi) is 4.29. The van der Waals surface area contributed by atoms with Gasteiger partial charge in [-0.25, -0.2) is 4.79 Å². The number of nitrogens with zero attached hydrogens (tertiary/aromatic N) is 2. The third kappa shape index (κ3) is 4.44. The highest BCUT2D eigenvalue weighted by Gasteiger charge is 2.19. The molecule has 5 heteroatoms. The predicted molar refractivity (Wildman–Crippen MR) is 69.1 cm³/mol. The molecule has 0 aliphatic heterocycles. The molecule has 0 saturated heterocycles. The maximum absolute atomic E-state index is 11.8. The molecule has 2 amide bonds. The van der Waals surface area contributed by atoms with Gasteiger partial charge in [0.2, 0.25) is 0 Å². The van der Waals surface area contributed by atoms with Gasteiger partial charge in [-0.05, 0) is 38.1 Å². The van der Waals surface area contributed by atoms with E-state index in [-0.39, 0.29) is 12.6 Å². The van der Waals surface area contributed by atoms with Crippen LogP contribution in [0.3, 0.4) is 0 Å². The molecule has 1 aromatic carbocycles. The molecular weight excluding hydrogens is 230 g/mol. The molecule has 96 valence electrons. The molecule has 0 bridgehead atoms. The quantitative estimate of drug-likeness (QED) is 0.855. The van der Waals surface area contributed by atoms with Gasteiger partial charge >= 0.3 is 6.03 Å². The fraction of sp³-hybridized carbons (Fsp3) is 0.385. The molecule has 0 aromatic heterocycles. The zero-order chi connectivity index (χ0) is 13.8. The zero-order valence-corrected chi connectivity index (χ0v) is 10.8. The Morgan fingerprint density at radius 3 is 2.44 bits per heavy atom. The lowest BCUT2D eigenvalue weighted by Gasteiger charge is -2.25. The van der Waals surface area contributed by atoms with Crippen LogP contribution in [-0.2, 0) is 0 Å². The highest BCUT2D eigenvalue weighted by molar-refractivity contribution is 5.89. The Morgan fingerprint density at radius 1 is 1.44 bits per heavy atom. The second-order valence-corrected chi connectivity index (χ2v) is 4.79. The largest absolute Gasteiger partial charge is 0.389 e. The number of anilines is 1. The smallest absolute Gasteiger partial charge is 0.321 e. The second kappa shape index (κ2) is 5.52. The minimum atomic E-state index is -0.934. The van der Waals surface area contributed by atoms with Crippen LogP contribution in [0.25, 0.3) is 0 Å². The minimum absolute atomic E-state index is 0.231. The number of aliphatic hydroxyl groups is 1. The van der Waals surface area contributed by atoms with Crippen LogP contribution in [0.15, 0.2) is 24.3 Å². The number of likely N-dealkylation sites (N-methyl/N-ethyl adjacent to an activating group) is 1. The predicted octanol–water partition coefficient (Wildman–Crippen LogP) is 1.79. The number of carbonyl (C=O) groups is 1. The standard InChI is InChI=1S/C13H17N3O2/c1-13(2,18)9-16(3)12(17)15-11-6-4-10(8-14)5-7-11/h4-7,18H,9H2,1-3H3,(H,15,17). The lowest BCUT2D eigenvalue weighted by atomic mass is 10.1. The van der Waals surface area contributed by atoms with Gasteiger partial charge in [0.1, 0.15) is 0 Å². The van der Waals surface area contributed by atoms with Crippen molar-refractivity contribution in [3.63, 3.8) is 0 Å². The molecule has 18 heavy (non-hydrogen) atoms. The summed E-state index contributed by atoms with van der Waals surface area (Å²) in [5.74, 6) is 0. The van der Waals surface area contributed by atoms with E-state index in [0.29, 0.717) is 11.3 Å². The SMILES string of the molecule is CN(CC(C)(C)O)C(=O)Nc1ccc(C#N)cc1. The van der Waals surface area contributed by atoms with Crippen LogP contribution in [0, 0.1) is 11.3 Å². The van der Waals surface area contributed by atoms with Crippen molar-refractivity contribution < 1.29 is 9.90 Å². The van der Waals surface area contributed by atoms with Crippen LogP contribution < -0.4 is 5.32 Å². The summed E-state index contributed by atoms with van der Waals surface area (Å²) in [5.41, 5.74) is 0.218. The number of carbonyl (C=O) groups excluding carboxylic acids is 1. The van der Waals surface area contributed by atoms with E-state index in [2.05, 4.69) is 5.32 Å². The molecule has 5 nitrogen and oxygen atoms in total. The van der Waals surface area contributed by atoms with Crippen LogP contribution in [0.2, 0.25) is 0 Å². The maximum atomic E-state index is 11.8. The number of nitriles is 1. The summed E-state index contributed by atoms with van der Waals surface area (Å²) >= 11 is 0. The topological polar surface area (TPSA) is 76.4 Å². The van der Waals surface area contributed by atoms with E-state index in [0.717, 1.165) is 0 Å². The molecule has 2 N–H and O–H groups in total. The lowest BCUT2D eigenvalue weighted by molar-refractivity contribution is 0.0550. The molecule has 0 aliphatic rings. The first-order valence-electron chi connectivity index (χ1n) is 5.56. The summed E-state index contributed by atoms with van der Waals surface area (Å²) in [4.78, 5) is 13.2. The average molecular weight is 247 g/mol. The van der Waals surface area contributed by atoms with Crippen molar-refractivity contribution in [2.45, 2.75) is 19.4 Å². The van der Waals surface area contributed by atoms with E-state index in [9.17, 15) is 9.90 Å². The minimum Gasteiger partial charge on any atom is -0.389 e. The summed E-state index contributed by atoms with van der Waals surface area (Å²) in [5, 5.41) is 20.9. The van der Waals surface area contributed by atoms with Gasteiger partial charge in [-0.1, -0.05) is 0 Å². The molecular formula is C13H17N3O2. The fourth-order valence-corrected chi connectivity index (χ4v) is 1.50. The van der Waals surface area contributed by atoms with Crippen LogP contribution >= 0.6 is 0 Å². The fourth-order valence-electron chi connectivity index (χ4n) is 1.50. The second-order valence-electron chi connectivity index (χ2n) is 4.79. The third-order valence-electron chi connectivity index (χ3n) is 2.24. The molecule has 0 saturated carbocycles. The Bertz CT molecular complexity index is 455. The number of amides is 2. The van der Waals surface area contributed by atoms with Gasteiger partial charge in [-0.15, -0.1) is 0 Å². The first-order valence-corrected chi connectivity index (χ1v) is 5.56. The van der Waals surface area contributed by atoms with Gasteiger partial charge in [-0.3, -0.25) is 0 Å². The van der Waals surface area contributed by atoms with Crippen LogP contribution in [0.5, 0.6) is 0 Å². The average Bonchev–Trinajstić information content (AvgIpc) is 2.27. The van der Waals surface area contributed by atoms with Gasteiger partial charge in [0.15, 0.2) is 0 Å². The molecule has 0 heterocycles. The van der Waals surface area contributed by atoms with Gasteiger partial charge in [-0.2, -0.15) is 5.26 Å². The van der Waals surface area contributed by atoms with Crippen LogP contribution in [0.4, 0.5) is 10.5 Å². The Balaban J connectivity index is 2.61. The Labute approximate surface area is 107 Å². The molecule has 0 atom stereocenters. The summed E-state index contributed by atoms with van der Waals surface area (Å²) < 4.78 is 0. The highest BCUT2D eigenvalue weighted by atomic mass is 16.3. The summed E-state index contributed by atoms with van der Waals surface area (Å²) in [7, 11) is 1.61. The first-order chi connectivity index (χ1) is 8.31. The van der Waals surface area contributed by atoms with Crippen LogP contribution in [0.1, 0.15) is 19.4 Å². The monoisotopic (exact) mass is 247 g/mol. The summed E-state index contributed by atoms with van der Waals surface area (Å²) in [6.45, 7) is 3.51.